The highest BCUT2D eigenvalue weighted by Crippen LogP contribution is 2.36. The smallest absolute Gasteiger partial charge is 0.135 e. The summed E-state index contributed by atoms with van der Waals surface area (Å²) >= 11 is 0. The number of quaternary nitrogens is 1. The van der Waals surface area contributed by atoms with Gasteiger partial charge in [-0.15, -0.1) is 0 Å². The van der Waals surface area contributed by atoms with Gasteiger partial charge >= 0.3 is 0 Å². The van der Waals surface area contributed by atoms with Gasteiger partial charge in [0.05, 0.1) is 0 Å². The normalized spacial score (nSPS) is 18.5. The lowest BCUT2D eigenvalue weighted by Crippen LogP contribution is -2.81. The highest BCUT2D eigenvalue weighted by atomic mass is 16.5. The Morgan fingerprint density at radius 1 is 1.27 bits per heavy atom. The zero-order valence-corrected chi connectivity index (χ0v) is 8.76. The third-order valence-corrected chi connectivity index (χ3v) is 3.23. The molecule has 1 fully saturated rings. The molecule has 15 heavy (non-hydrogen) atoms. The van der Waals surface area contributed by atoms with Crippen LogP contribution in [0.1, 0.15) is 42.4 Å². The summed E-state index contributed by atoms with van der Waals surface area (Å²) in [6.07, 6.45) is 3.36. The van der Waals surface area contributed by atoms with Crippen LogP contribution in [0.3, 0.4) is 0 Å². The fourth-order valence-electron chi connectivity index (χ4n) is 1.97. The van der Waals surface area contributed by atoms with Gasteiger partial charge in [0.2, 0.25) is 0 Å². The van der Waals surface area contributed by atoms with Gasteiger partial charge < -0.3 is 5.11 Å². The molecule has 2 rings (SSSR count). The molecule has 1 aromatic carbocycles. The molecule has 1 aliphatic carbocycles. The Morgan fingerprint density at radius 2 is 1.93 bits per heavy atom. The van der Waals surface area contributed by atoms with E-state index < -0.39 is 6.10 Å². The van der Waals surface area contributed by atoms with Crippen LogP contribution in [-0.4, -0.2) is 16.9 Å². The molecule has 3 heteroatoms. The molecule has 1 saturated carbocycles. The third-order valence-electron chi connectivity index (χ3n) is 3.23. The average molecular weight is 208 g/mol. The summed E-state index contributed by atoms with van der Waals surface area (Å²) in [6, 6.07) is 8.11. The fraction of sp³-hybridized carbons (Fsp3) is 0.500. The molecule has 82 valence electrons. The first kappa shape index (κ1) is 10.6. The molecule has 0 aliphatic heterocycles. The molecular weight excluding hydrogens is 190 g/mol. The topological polar surface area (TPSA) is 57.1 Å². The van der Waals surface area contributed by atoms with Gasteiger partial charge in [-0.2, -0.15) is 0 Å². The molecule has 0 spiro atoms. The van der Waals surface area contributed by atoms with Crippen molar-refractivity contribution in [2.45, 2.75) is 31.3 Å². The number of aliphatic hydroxyl groups excluding tert-OH is 1. The monoisotopic (exact) mass is 208 g/mol. The third kappa shape index (κ3) is 2.37. The summed E-state index contributed by atoms with van der Waals surface area (Å²) < 4.78 is 0. The van der Waals surface area contributed by atoms with Crippen LogP contribution in [0.15, 0.2) is 24.3 Å². The van der Waals surface area contributed by atoms with Crippen LogP contribution in [0, 0.1) is 0 Å². The van der Waals surface area contributed by atoms with Gasteiger partial charge in [-0.05, 0) is 29.9 Å². The van der Waals surface area contributed by atoms with E-state index in [9.17, 15) is 5.11 Å². The first-order chi connectivity index (χ1) is 7.31. The lowest BCUT2D eigenvalue weighted by atomic mass is 9.80. The largest absolute Gasteiger partial charge is 0.382 e. The molecule has 0 heterocycles. The van der Waals surface area contributed by atoms with E-state index in [0.717, 1.165) is 17.0 Å². The zero-order chi connectivity index (χ0) is 10.7. The van der Waals surface area contributed by atoms with Crippen LogP contribution >= 0.6 is 0 Å². The van der Waals surface area contributed by atoms with Crippen molar-refractivity contribution in [3.05, 3.63) is 35.4 Å². The van der Waals surface area contributed by atoms with Crippen LogP contribution in [0.5, 0.6) is 0 Å². The van der Waals surface area contributed by atoms with Crippen molar-refractivity contribution in [3.8, 4) is 0 Å². The molecule has 0 saturated heterocycles. The van der Waals surface area contributed by atoms with Crippen molar-refractivity contribution < 1.29 is 15.8 Å². The van der Waals surface area contributed by atoms with Crippen molar-refractivity contribution in [1.82, 2.24) is 0 Å². The molecular formula is C12H18NO2+. The van der Waals surface area contributed by atoms with E-state index in [1.165, 1.54) is 24.8 Å². The van der Waals surface area contributed by atoms with E-state index in [-0.39, 0.29) is 0 Å². The van der Waals surface area contributed by atoms with Crippen molar-refractivity contribution in [3.63, 3.8) is 0 Å². The zero-order valence-electron chi connectivity index (χ0n) is 8.76. The first-order valence-corrected chi connectivity index (χ1v) is 5.55. The molecule has 4 N–H and O–H groups in total. The minimum atomic E-state index is -0.578. The molecule has 1 aliphatic rings. The van der Waals surface area contributed by atoms with Crippen LogP contribution in [0.25, 0.3) is 0 Å². The van der Waals surface area contributed by atoms with Gasteiger partial charge in [-0.3, -0.25) is 0 Å². The molecule has 0 bridgehead atoms. The van der Waals surface area contributed by atoms with Crippen LogP contribution in [0.2, 0.25) is 0 Å². The van der Waals surface area contributed by atoms with Gasteiger partial charge in [-0.25, -0.2) is 10.7 Å². The Kier molecular flexibility index (Phi) is 3.36. The van der Waals surface area contributed by atoms with Gasteiger partial charge in [0.25, 0.3) is 0 Å². The Morgan fingerprint density at radius 3 is 2.40 bits per heavy atom. The van der Waals surface area contributed by atoms with Gasteiger partial charge in [0.1, 0.15) is 12.6 Å². The Bertz CT molecular complexity index is 306. The maximum absolute atomic E-state index is 9.63. The van der Waals surface area contributed by atoms with E-state index in [1.54, 1.807) is 0 Å². The van der Waals surface area contributed by atoms with E-state index in [4.69, 9.17) is 5.21 Å². The lowest BCUT2D eigenvalue weighted by Gasteiger charge is -2.26. The van der Waals surface area contributed by atoms with E-state index in [2.05, 4.69) is 12.1 Å². The van der Waals surface area contributed by atoms with Crippen molar-refractivity contribution >= 4 is 0 Å². The standard InChI is InChI=1S/C12H17NO2/c14-12(8-13-15)11-6-4-10(5-7-11)9-2-1-3-9/h4-7,9,12-15H,1-3,8H2/p+1. The first-order valence-electron chi connectivity index (χ1n) is 5.55. The fourth-order valence-corrected chi connectivity index (χ4v) is 1.97. The summed E-state index contributed by atoms with van der Waals surface area (Å²) in [5.41, 5.74) is 3.26. The molecule has 0 amide bonds. The van der Waals surface area contributed by atoms with Crippen molar-refractivity contribution in [2.24, 2.45) is 0 Å². The molecule has 0 radical (unpaired) electrons. The number of rotatable bonds is 4. The minimum Gasteiger partial charge on any atom is -0.382 e. The number of aliphatic hydroxyl groups is 1. The van der Waals surface area contributed by atoms with Crippen LogP contribution in [0.4, 0.5) is 0 Å². The number of hydrogen-bond acceptors (Lipinski definition) is 2. The Hall–Kier alpha value is -0.900. The predicted octanol–water partition coefficient (Wildman–Crippen LogP) is 0.940. The predicted molar refractivity (Wildman–Crippen MR) is 56.6 cm³/mol. The van der Waals surface area contributed by atoms with Gasteiger partial charge in [-0.1, -0.05) is 30.7 Å². The highest BCUT2D eigenvalue weighted by Gasteiger charge is 2.19. The second-order valence-corrected chi connectivity index (χ2v) is 4.23. The van der Waals surface area contributed by atoms with E-state index in [1.807, 2.05) is 12.1 Å². The lowest BCUT2D eigenvalue weighted by molar-refractivity contribution is -0.890. The summed E-state index contributed by atoms with van der Waals surface area (Å²) in [5, 5.41) is 18.2. The maximum atomic E-state index is 9.63. The van der Waals surface area contributed by atoms with Gasteiger partial charge in [0.15, 0.2) is 0 Å². The summed E-state index contributed by atoms with van der Waals surface area (Å²) in [6.45, 7) is 0.294. The maximum Gasteiger partial charge on any atom is 0.135 e. The van der Waals surface area contributed by atoms with Crippen LogP contribution < -0.4 is 5.48 Å². The van der Waals surface area contributed by atoms with Crippen molar-refractivity contribution in [2.75, 3.05) is 6.54 Å². The number of nitrogens with two attached hydrogens (primary N) is 1. The van der Waals surface area contributed by atoms with Crippen LogP contribution in [-0.2, 0) is 0 Å². The summed E-state index contributed by atoms with van der Waals surface area (Å²) in [4.78, 5) is 0. The highest BCUT2D eigenvalue weighted by molar-refractivity contribution is 5.27. The molecule has 0 aromatic heterocycles. The number of hydrogen-bond donors (Lipinski definition) is 3. The molecule has 1 atom stereocenters. The average Bonchev–Trinajstić information content (AvgIpc) is 2.16. The Labute approximate surface area is 89.7 Å². The summed E-state index contributed by atoms with van der Waals surface area (Å²) in [5.74, 6) is 0.737. The number of benzene rings is 1. The van der Waals surface area contributed by atoms with Crippen molar-refractivity contribution in [1.29, 1.82) is 0 Å². The quantitative estimate of drug-likeness (QED) is 0.645. The van der Waals surface area contributed by atoms with E-state index >= 15 is 0 Å². The minimum absolute atomic E-state index is 0.294. The Balaban J connectivity index is 2.02. The molecule has 1 aromatic rings. The number of hydroxylamine groups is 1. The SMILES string of the molecule is O[NH2+]CC(O)c1ccc(C2CCC2)cc1. The molecule has 1 unspecified atom stereocenters. The second kappa shape index (κ2) is 4.75. The summed E-state index contributed by atoms with van der Waals surface area (Å²) in [7, 11) is 0. The van der Waals surface area contributed by atoms with E-state index in [0.29, 0.717) is 6.54 Å². The molecule has 3 nitrogen and oxygen atoms in total. The second-order valence-electron chi connectivity index (χ2n) is 4.23. The van der Waals surface area contributed by atoms with Gasteiger partial charge in [0, 0.05) is 0 Å².